The van der Waals surface area contributed by atoms with Gasteiger partial charge in [-0.1, -0.05) is 5.16 Å². The van der Waals surface area contributed by atoms with Gasteiger partial charge in [0.1, 0.15) is 12.4 Å². The Balaban J connectivity index is 1.45. The number of benzene rings is 1. The van der Waals surface area contributed by atoms with Gasteiger partial charge in [-0.15, -0.1) is 0 Å². The maximum Gasteiger partial charge on any atom is 0.290 e. The lowest BCUT2D eigenvalue weighted by Gasteiger charge is -2.07. The van der Waals surface area contributed by atoms with Crippen molar-refractivity contribution in [1.82, 2.24) is 10.5 Å². The van der Waals surface area contributed by atoms with Gasteiger partial charge in [-0.3, -0.25) is 4.79 Å². The molecule has 1 aromatic heterocycles. The van der Waals surface area contributed by atoms with E-state index in [1.807, 2.05) is 0 Å². The van der Waals surface area contributed by atoms with Gasteiger partial charge in [0, 0.05) is 12.1 Å². The number of amides is 1. The van der Waals surface area contributed by atoms with Crippen molar-refractivity contribution in [1.29, 1.82) is 0 Å². The average Bonchev–Trinajstić information content (AvgIpc) is 3.11. The van der Waals surface area contributed by atoms with Gasteiger partial charge in [0.15, 0.2) is 11.5 Å². The van der Waals surface area contributed by atoms with Gasteiger partial charge in [-0.05, 0) is 19.1 Å². The third-order valence-electron chi connectivity index (χ3n) is 2.85. The molecule has 7 heteroatoms. The number of nitrogens with zero attached hydrogens (tertiary/aromatic N) is 1. The Bertz CT molecular complexity index is 653. The molecule has 1 aliphatic heterocycles. The lowest BCUT2D eigenvalue weighted by molar-refractivity contribution is 0.0910. The van der Waals surface area contributed by atoms with Crippen LogP contribution < -0.4 is 19.5 Å². The largest absolute Gasteiger partial charge is 0.492 e. The van der Waals surface area contributed by atoms with E-state index < -0.39 is 0 Å². The molecule has 1 N–H and O–H groups in total. The van der Waals surface area contributed by atoms with Crippen LogP contribution in [0.2, 0.25) is 0 Å². The number of nitrogens with one attached hydrogen (secondary N) is 1. The topological polar surface area (TPSA) is 82.8 Å². The van der Waals surface area contributed by atoms with Gasteiger partial charge in [-0.25, -0.2) is 0 Å². The molecule has 1 amide bonds. The summed E-state index contributed by atoms with van der Waals surface area (Å²) in [7, 11) is 0. The second-order valence-electron chi connectivity index (χ2n) is 4.45. The van der Waals surface area contributed by atoms with E-state index in [9.17, 15) is 4.79 Å². The molecule has 0 atom stereocenters. The van der Waals surface area contributed by atoms with Crippen molar-refractivity contribution in [3.8, 4) is 17.2 Å². The number of carbonyl (C=O) groups excluding carboxylic acids is 1. The van der Waals surface area contributed by atoms with Crippen LogP contribution in [-0.2, 0) is 0 Å². The molecule has 0 radical (unpaired) electrons. The molecule has 3 rings (SSSR count). The number of ether oxygens (including phenoxy) is 3. The quantitative estimate of drug-likeness (QED) is 0.841. The van der Waals surface area contributed by atoms with Crippen molar-refractivity contribution in [3.05, 3.63) is 35.7 Å². The summed E-state index contributed by atoms with van der Waals surface area (Å²) in [6.07, 6.45) is 0. The standard InChI is InChI=1S/C14H14N2O5/c1-9-6-13(21-16-9)14(17)15-4-5-18-10-2-3-11-12(7-10)20-8-19-11/h2-3,6-7H,4-5,8H2,1H3,(H,15,17). The van der Waals surface area contributed by atoms with Gasteiger partial charge >= 0.3 is 0 Å². The number of carbonyl (C=O) groups is 1. The zero-order chi connectivity index (χ0) is 14.7. The predicted octanol–water partition coefficient (Wildman–Crippen LogP) is 1.52. The number of aromatic nitrogens is 1. The zero-order valence-corrected chi connectivity index (χ0v) is 11.4. The van der Waals surface area contributed by atoms with Gasteiger partial charge in [0.2, 0.25) is 12.6 Å². The summed E-state index contributed by atoms with van der Waals surface area (Å²) in [5.41, 5.74) is 0.664. The summed E-state index contributed by atoms with van der Waals surface area (Å²) in [4.78, 5) is 11.7. The molecular weight excluding hydrogens is 276 g/mol. The summed E-state index contributed by atoms with van der Waals surface area (Å²) >= 11 is 0. The van der Waals surface area contributed by atoms with Crippen LogP contribution in [-0.4, -0.2) is 31.0 Å². The van der Waals surface area contributed by atoms with Crippen molar-refractivity contribution in [2.45, 2.75) is 6.92 Å². The minimum Gasteiger partial charge on any atom is -0.492 e. The minimum absolute atomic E-state index is 0.190. The van der Waals surface area contributed by atoms with E-state index in [1.165, 1.54) is 0 Å². The molecule has 110 valence electrons. The number of aryl methyl sites for hydroxylation is 1. The molecule has 0 fully saturated rings. The molecule has 0 saturated heterocycles. The van der Waals surface area contributed by atoms with E-state index in [0.717, 1.165) is 0 Å². The number of fused-ring (bicyclic) bond motifs is 1. The molecule has 0 aliphatic carbocycles. The van der Waals surface area contributed by atoms with Gasteiger partial charge in [0.05, 0.1) is 12.2 Å². The fourth-order valence-electron chi connectivity index (χ4n) is 1.86. The predicted molar refractivity (Wildman–Crippen MR) is 71.6 cm³/mol. The monoisotopic (exact) mass is 290 g/mol. The second kappa shape index (κ2) is 5.74. The van der Waals surface area contributed by atoms with Crippen molar-refractivity contribution < 1.29 is 23.5 Å². The Morgan fingerprint density at radius 3 is 3.00 bits per heavy atom. The Labute approximate surface area is 120 Å². The maximum atomic E-state index is 11.7. The lowest BCUT2D eigenvalue weighted by atomic mass is 10.3. The van der Waals surface area contributed by atoms with Crippen molar-refractivity contribution >= 4 is 5.91 Å². The van der Waals surface area contributed by atoms with Crippen LogP contribution in [0.1, 0.15) is 16.2 Å². The Hall–Kier alpha value is -2.70. The molecule has 1 aliphatic rings. The fraction of sp³-hybridized carbons (Fsp3) is 0.286. The van der Waals surface area contributed by atoms with E-state index in [4.69, 9.17) is 18.7 Å². The highest BCUT2D eigenvalue weighted by molar-refractivity contribution is 5.91. The summed E-state index contributed by atoms with van der Waals surface area (Å²) in [6, 6.07) is 6.90. The van der Waals surface area contributed by atoms with Crippen LogP contribution >= 0.6 is 0 Å². The SMILES string of the molecule is Cc1cc(C(=O)NCCOc2ccc3c(c2)OCO3)on1. The highest BCUT2D eigenvalue weighted by Crippen LogP contribution is 2.34. The maximum absolute atomic E-state index is 11.7. The van der Waals surface area contributed by atoms with Crippen LogP contribution in [0.25, 0.3) is 0 Å². The first-order chi connectivity index (χ1) is 10.2. The smallest absolute Gasteiger partial charge is 0.290 e. The summed E-state index contributed by atoms with van der Waals surface area (Å²) < 4.78 is 20.8. The van der Waals surface area contributed by atoms with Crippen LogP contribution in [0, 0.1) is 6.92 Å². The highest BCUT2D eigenvalue weighted by atomic mass is 16.7. The molecule has 21 heavy (non-hydrogen) atoms. The number of rotatable bonds is 5. The molecule has 0 unspecified atom stereocenters. The van der Waals surface area contributed by atoms with Crippen molar-refractivity contribution in [2.75, 3.05) is 19.9 Å². The summed E-state index contributed by atoms with van der Waals surface area (Å²) in [5, 5.41) is 6.34. The van der Waals surface area contributed by atoms with E-state index in [2.05, 4.69) is 10.5 Å². The lowest BCUT2D eigenvalue weighted by Crippen LogP contribution is -2.27. The first kappa shape index (κ1) is 13.3. The van der Waals surface area contributed by atoms with E-state index in [0.29, 0.717) is 36.1 Å². The average molecular weight is 290 g/mol. The normalized spacial score (nSPS) is 12.2. The summed E-state index contributed by atoms with van der Waals surface area (Å²) in [6.45, 7) is 2.67. The van der Waals surface area contributed by atoms with Crippen LogP contribution in [0.5, 0.6) is 17.2 Å². The molecule has 2 aromatic rings. The van der Waals surface area contributed by atoms with E-state index in [-0.39, 0.29) is 18.5 Å². The van der Waals surface area contributed by atoms with Crippen LogP contribution in [0.3, 0.4) is 0 Å². The summed E-state index contributed by atoms with van der Waals surface area (Å²) in [5.74, 6) is 1.90. The first-order valence-corrected chi connectivity index (χ1v) is 6.46. The Morgan fingerprint density at radius 2 is 2.19 bits per heavy atom. The molecule has 0 bridgehead atoms. The molecular formula is C14H14N2O5. The zero-order valence-electron chi connectivity index (χ0n) is 11.4. The second-order valence-corrected chi connectivity index (χ2v) is 4.45. The molecule has 0 saturated carbocycles. The molecule has 1 aromatic carbocycles. The van der Waals surface area contributed by atoms with Gasteiger partial charge in [0.25, 0.3) is 5.91 Å². The highest BCUT2D eigenvalue weighted by Gasteiger charge is 2.14. The van der Waals surface area contributed by atoms with Crippen molar-refractivity contribution in [3.63, 3.8) is 0 Å². The minimum atomic E-state index is -0.315. The third kappa shape index (κ3) is 3.07. The Kier molecular flexibility index (Phi) is 3.63. The van der Waals surface area contributed by atoms with Crippen LogP contribution in [0.15, 0.2) is 28.8 Å². The number of hydrogen-bond donors (Lipinski definition) is 1. The molecule has 0 spiro atoms. The molecule has 7 nitrogen and oxygen atoms in total. The van der Waals surface area contributed by atoms with E-state index in [1.54, 1.807) is 31.2 Å². The fourth-order valence-corrected chi connectivity index (χ4v) is 1.86. The Morgan fingerprint density at radius 1 is 1.33 bits per heavy atom. The van der Waals surface area contributed by atoms with E-state index >= 15 is 0 Å². The van der Waals surface area contributed by atoms with Gasteiger partial charge in [-0.2, -0.15) is 0 Å². The number of hydrogen-bond acceptors (Lipinski definition) is 6. The van der Waals surface area contributed by atoms with Crippen molar-refractivity contribution in [2.24, 2.45) is 0 Å². The van der Waals surface area contributed by atoms with Gasteiger partial charge < -0.3 is 24.1 Å². The van der Waals surface area contributed by atoms with Crippen LogP contribution in [0.4, 0.5) is 0 Å². The first-order valence-electron chi connectivity index (χ1n) is 6.46. The molecule has 2 heterocycles. The third-order valence-corrected chi connectivity index (χ3v) is 2.85.